The number of hydrogen-bond donors (Lipinski definition) is 1. The van der Waals surface area contributed by atoms with E-state index in [9.17, 15) is 4.79 Å². The molecule has 0 heterocycles. The highest BCUT2D eigenvalue weighted by atomic mass is 35.5. The van der Waals surface area contributed by atoms with Crippen LogP contribution >= 0.6 is 11.6 Å². The zero-order chi connectivity index (χ0) is 13.3. The third-order valence-corrected chi connectivity index (χ3v) is 4.49. The average Bonchev–Trinajstić information content (AvgIpc) is 2.83. The predicted molar refractivity (Wildman–Crippen MR) is 78.1 cm³/mol. The van der Waals surface area contributed by atoms with Crippen LogP contribution in [-0.4, -0.2) is 17.3 Å². The van der Waals surface area contributed by atoms with Crippen molar-refractivity contribution in [1.82, 2.24) is 5.32 Å². The van der Waals surface area contributed by atoms with E-state index in [0.717, 1.165) is 19.3 Å². The first-order valence-corrected chi connectivity index (χ1v) is 8.13. The molecule has 0 atom stereocenters. The molecule has 2 nitrogen and oxygen atoms in total. The first-order valence-electron chi connectivity index (χ1n) is 7.59. The summed E-state index contributed by atoms with van der Waals surface area (Å²) in [6.07, 6.45) is 12.6. The summed E-state index contributed by atoms with van der Waals surface area (Å²) in [6.45, 7) is 2.22. The molecular formula is C15H28ClNO. The maximum Gasteiger partial charge on any atom is 0.220 e. The van der Waals surface area contributed by atoms with E-state index in [0.29, 0.717) is 12.3 Å². The molecule has 0 aromatic heterocycles. The van der Waals surface area contributed by atoms with E-state index in [2.05, 4.69) is 12.2 Å². The topological polar surface area (TPSA) is 29.1 Å². The van der Waals surface area contributed by atoms with E-state index in [4.69, 9.17) is 11.6 Å². The highest BCUT2D eigenvalue weighted by Gasteiger charge is 2.33. The Morgan fingerprint density at radius 3 is 2.33 bits per heavy atom. The van der Waals surface area contributed by atoms with E-state index >= 15 is 0 Å². The van der Waals surface area contributed by atoms with Gasteiger partial charge < -0.3 is 5.32 Å². The fraction of sp³-hybridized carbons (Fsp3) is 0.933. The molecule has 0 unspecified atom stereocenters. The van der Waals surface area contributed by atoms with Crippen molar-refractivity contribution in [2.75, 3.05) is 5.88 Å². The second kappa shape index (κ2) is 8.79. The molecule has 106 valence electrons. The number of rotatable bonds is 9. The lowest BCUT2D eigenvalue weighted by Gasteiger charge is -2.27. The van der Waals surface area contributed by atoms with Gasteiger partial charge in [-0.15, -0.1) is 11.6 Å². The molecule has 0 spiro atoms. The molecule has 1 saturated carbocycles. The number of alkyl halides is 1. The summed E-state index contributed by atoms with van der Waals surface area (Å²) in [4.78, 5) is 11.9. The number of unbranched alkanes of at least 4 members (excludes halogenated alkanes) is 5. The number of halogens is 1. The lowest BCUT2D eigenvalue weighted by molar-refractivity contribution is -0.122. The van der Waals surface area contributed by atoms with Gasteiger partial charge in [0.05, 0.1) is 5.54 Å². The van der Waals surface area contributed by atoms with E-state index in [1.54, 1.807) is 0 Å². The van der Waals surface area contributed by atoms with Gasteiger partial charge in [0.15, 0.2) is 0 Å². The van der Waals surface area contributed by atoms with E-state index < -0.39 is 0 Å². The maximum atomic E-state index is 11.9. The highest BCUT2D eigenvalue weighted by molar-refractivity contribution is 6.18. The van der Waals surface area contributed by atoms with Gasteiger partial charge in [-0.2, -0.15) is 0 Å². The summed E-state index contributed by atoms with van der Waals surface area (Å²) in [5.74, 6) is 0.767. The van der Waals surface area contributed by atoms with Gasteiger partial charge in [0.2, 0.25) is 5.91 Å². The van der Waals surface area contributed by atoms with Crippen LogP contribution in [0.25, 0.3) is 0 Å². The number of carbonyl (C=O) groups excluding carboxylic acids is 1. The zero-order valence-electron chi connectivity index (χ0n) is 11.8. The summed E-state index contributed by atoms with van der Waals surface area (Å²) in [5.41, 5.74) is -0.0825. The molecule has 1 amide bonds. The van der Waals surface area contributed by atoms with Crippen molar-refractivity contribution in [2.24, 2.45) is 0 Å². The normalized spacial score (nSPS) is 17.9. The van der Waals surface area contributed by atoms with Gasteiger partial charge in [-0.1, -0.05) is 51.9 Å². The third-order valence-electron chi connectivity index (χ3n) is 3.98. The van der Waals surface area contributed by atoms with Crippen LogP contribution in [0.1, 0.15) is 77.6 Å². The molecule has 1 aliphatic carbocycles. The van der Waals surface area contributed by atoms with Crippen LogP contribution in [0.15, 0.2) is 0 Å². The highest BCUT2D eigenvalue weighted by Crippen LogP contribution is 2.30. The summed E-state index contributed by atoms with van der Waals surface area (Å²) in [7, 11) is 0. The van der Waals surface area contributed by atoms with E-state index in [1.807, 2.05) is 0 Å². The van der Waals surface area contributed by atoms with Crippen molar-refractivity contribution >= 4 is 17.5 Å². The van der Waals surface area contributed by atoms with Gasteiger partial charge in [0, 0.05) is 12.3 Å². The van der Waals surface area contributed by atoms with Crippen molar-refractivity contribution < 1.29 is 4.79 Å². The number of nitrogens with one attached hydrogen (secondary N) is 1. The van der Waals surface area contributed by atoms with Gasteiger partial charge in [-0.25, -0.2) is 0 Å². The van der Waals surface area contributed by atoms with Gasteiger partial charge in [-0.05, 0) is 19.3 Å². The Morgan fingerprint density at radius 2 is 1.72 bits per heavy atom. The molecule has 0 aliphatic heterocycles. The summed E-state index contributed by atoms with van der Waals surface area (Å²) in [6, 6.07) is 0. The first kappa shape index (κ1) is 15.8. The second-order valence-corrected chi connectivity index (χ2v) is 5.95. The Hall–Kier alpha value is -0.240. The van der Waals surface area contributed by atoms with Crippen LogP contribution in [0, 0.1) is 0 Å². The van der Waals surface area contributed by atoms with E-state index in [1.165, 1.54) is 44.9 Å². The molecule has 0 saturated heterocycles. The molecule has 3 heteroatoms. The molecule has 18 heavy (non-hydrogen) atoms. The van der Waals surface area contributed by atoms with Crippen molar-refractivity contribution in [3.05, 3.63) is 0 Å². The fourth-order valence-corrected chi connectivity index (χ4v) is 3.10. The van der Waals surface area contributed by atoms with Crippen molar-refractivity contribution in [1.29, 1.82) is 0 Å². The monoisotopic (exact) mass is 273 g/mol. The third kappa shape index (κ3) is 5.60. The van der Waals surface area contributed by atoms with Crippen LogP contribution in [0.4, 0.5) is 0 Å². The minimum Gasteiger partial charge on any atom is -0.349 e. The summed E-state index contributed by atoms with van der Waals surface area (Å²) >= 11 is 6.01. The Balaban J connectivity index is 2.09. The molecule has 1 fully saturated rings. The van der Waals surface area contributed by atoms with E-state index in [-0.39, 0.29) is 11.4 Å². The summed E-state index contributed by atoms with van der Waals surface area (Å²) < 4.78 is 0. The quantitative estimate of drug-likeness (QED) is 0.489. The molecule has 0 radical (unpaired) electrons. The number of carbonyl (C=O) groups is 1. The van der Waals surface area contributed by atoms with Crippen molar-refractivity contribution in [2.45, 2.75) is 83.1 Å². The van der Waals surface area contributed by atoms with Crippen molar-refractivity contribution in [3.8, 4) is 0 Å². The number of amides is 1. The van der Waals surface area contributed by atoms with Crippen LogP contribution in [0.2, 0.25) is 0 Å². The molecular weight excluding hydrogens is 246 g/mol. The Morgan fingerprint density at radius 1 is 1.11 bits per heavy atom. The Kier molecular flexibility index (Phi) is 7.73. The smallest absolute Gasteiger partial charge is 0.220 e. The Labute approximate surface area is 117 Å². The molecule has 0 aromatic rings. The molecule has 1 N–H and O–H groups in total. The number of hydrogen-bond acceptors (Lipinski definition) is 1. The minimum absolute atomic E-state index is 0.0825. The molecule has 0 aromatic carbocycles. The lowest BCUT2D eigenvalue weighted by Crippen LogP contribution is -2.47. The Bertz CT molecular complexity index is 237. The molecule has 1 rings (SSSR count). The largest absolute Gasteiger partial charge is 0.349 e. The first-order chi connectivity index (χ1) is 8.72. The standard InChI is InChI=1S/C15H28ClNO/c1-2-3-4-5-6-7-10-14(18)17-15(13-16)11-8-9-12-15/h2-13H2,1H3,(H,17,18). The van der Waals surface area contributed by atoms with Crippen LogP contribution < -0.4 is 5.32 Å². The predicted octanol–water partition coefficient (Wildman–Crippen LogP) is 4.40. The second-order valence-electron chi connectivity index (χ2n) is 5.69. The lowest BCUT2D eigenvalue weighted by atomic mass is 10.00. The van der Waals surface area contributed by atoms with Gasteiger partial charge >= 0.3 is 0 Å². The molecule has 0 bridgehead atoms. The van der Waals surface area contributed by atoms with Crippen LogP contribution in [0.5, 0.6) is 0 Å². The van der Waals surface area contributed by atoms with Crippen LogP contribution in [0.3, 0.4) is 0 Å². The van der Waals surface area contributed by atoms with Crippen LogP contribution in [-0.2, 0) is 4.79 Å². The SMILES string of the molecule is CCCCCCCCC(=O)NC1(CCl)CCCC1. The zero-order valence-corrected chi connectivity index (χ0v) is 12.5. The van der Waals surface area contributed by atoms with Gasteiger partial charge in [0.25, 0.3) is 0 Å². The molecule has 1 aliphatic rings. The fourth-order valence-electron chi connectivity index (χ4n) is 2.77. The van der Waals surface area contributed by atoms with Crippen molar-refractivity contribution in [3.63, 3.8) is 0 Å². The van der Waals surface area contributed by atoms with Gasteiger partial charge in [0.1, 0.15) is 0 Å². The minimum atomic E-state index is -0.0825. The maximum absolute atomic E-state index is 11.9. The summed E-state index contributed by atoms with van der Waals surface area (Å²) in [5, 5.41) is 3.17. The van der Waals surface area contributed by atoms with Gasteiger partial charge in [-0.3, -0.25) is 4.79 Å². The average molecular weight is 274 g/mol.